The molecule has 1 aromatic carbocycles. The Morgan fingerprint density at radius 2 is 2.16 bits per heavy atom. The lowest BCUT2D eigenvalue weighted by atomic mass is 10.2. The van der Waals surface area contributed by atoms with Gasteiger partial charge < -0.3 is 0 Å². The maximum Gasteiger partial charge on any atom is 0.164 e. The van der Waals surface area contributed by atoms with Gasteiger partial charge in [-0.3, -0.25) is 4.57 Å². The summed E-state index contributed by atoms with van der Waals surface area (Å²) in [7, 11) is 0. The van der Waals surface area contributed by atoms with Crippen LogP contribution < -0.4 is 0 Å². The van der Waals surface area contributed by atoms with Crippen LogP contribution in [0, 0.1) is 6.92 Å². The summed E-state index contributed by atoms with van der Waals surface area (Å²) in [5.41, 5.74) is 3.89. The number of alkyl halides is 1. The van der Waals surface area contributed by atoms with Crippen molar-refractivity contribution in [1.29, 1.82) is 0 Å². The van der Waals surface area contributed by atoms with E-state index in [0.29, 0.717) is 5.88 Å². The number of fused-ring (bicyclic) bond motifs is 1. The first-order valence-electron chi connectivity index (χ1n) is 5.85. The van der Waals surface area contributed by atoms with Crippen LogP contribution in [0.1, 0.15) is 11.4 Å². The van der Waals surface area contributed by atoms with E-state index in [0.717, 1.165) is 32.7 Å². The zero-order chi connectivity index (χ0) is 13.4. The first-order valence-corrected chi connectivity index (χ1v) is 7.18. The van der Waals surface area contributed by atoms with Gasteiger partial charge in [-0.2, -0.15) is 0 Å². The quantitative estimate of drug-likeness (QED) is 0.656. The van der Waals surface area contributed by atoms with Crippen molar-refractivity contribution in [3.8, 4) is 5.69 Å². The van der Waals surface area contributed by atoms with Gasteiger partial charge in [-0.05, 0) is 36.8 Å². The topological polar surface area (TPSA) is 30.7 Å². The fourth-order valence-corrected chi connectivity index (χ4v) is 2.65. The molecule has 2 heterocycles. The van der Waals surface area contributed by atoms with E-state index in [4.69, 9.17) is 11.6 Å². The minimum atomic E-state index is 0.350. The molecule has 3 nitrogen and oxygen atoms in total. The molecule has 0 saturated heterocycles. The first-order chi connectivity index (χ1) is 9.20. The molecule has 5 heteroatoms. The number of benzene rings is 1. The Kier molecular flexibility index (Phi) is 3.29. The first kappa shape index (κ1) is 12.6. The van der Waals surface area contributed by atoms with Gasteiger partial charge in [0, 0.05) is 10.7 Å². The zero-order valence-electron chi connectivity index (χ0n) is 10.3. The van der Waals surface area contributed by atoms with Crippen molar-refractivity contribution in [2.75, 3.05) is 0 Å². The Morgan fingerprint density at radius 3 is 2.95 bits per heavy atom. The highest BCUT2D eigenvalue weighted by molar-refractivity contribution is 9.10. The van der Waals surface area contributed by atoms with E-state index in [9.17, 15) is 0 Å². The summed E-state index contributed by atoms with van der Waals surface area (Å²) in [4.78, 5) is 8.95. The maximum atomic E-state index is 6.02. The number of halogens is 2. The molecular weight excluding hydrogens is 326 g/mol. The van der Waals surface area contributed by atoms with Gasteiger partial charge in [0.25, 0.3) is 0 Å². The Labute approximate surface area is 124 Å². The molecule has 0 aliphatic carbocycles. The van der Waals surface area contributed by atoms with Crippen molar-refractivity contribution in [1.82, 2.24) is 14.5 Å². The summed E-state index contributed by atoms with van der Waals surface area (Å²) in [6.07, 6.45) is 1.77. The van der Waals surface area contributed by atoms with E-state index < -0.39 is 0 Å². The highest BCUT2D eigenvalue weighted by Gasteiger charge is 2.14. The SMILES string of the molecule is Cc1ccc(Br)cc1-n1c(CCl)nc2cccnc21. The van der Waals surface area contributed by atoms with Gasteiger partial charge in [-0.1, -0.05) is 22.0 Å². The number of aryl methyl sites for hydroxylation is 1. The Hall–Kier alpha value is -1.39. The third kappa shape index (κ3) is 2.15. The number of pyridine rings is 1. The van der Waals surface area contributed by atoms with Crippen molar-refractivity contribution >= 4 is 38.7 Å². The van der Waals surface area contributed by atoms with Crippen LogP contribution in [0.25, 0.3) is 16.9 Å². The van der Waals surface area contributed by atoms with E-state index in [-0.39, 0.29) is 0 Å². The summed E-state index contributed by atoms with van der Waals surface area (Å²) in [6, 6.07) is 9.97. The standard InChI is InChI=1S/C14H11BrClN3/c1-9-4-5-10(15)7-12(9)19-13(8-16)18-11-3-2-6-17-14(11)19/h2-7H,8H2,1H3. The fourth-order valence-electron chi connectivity index (χ4n) is 2.13. The molecule has 3 aromatic rings. The molecule has 0 fully saturated rings. The number of nitrogens with zero attached hydrogens (tertiary/aromatic N) is 3. The Morgan fingerprint density at radius 1 is 1.32 bits per heavy atom. The molecule has 96 valence electrons. The third-order valence-electron chi connectivity index (χ3n) is 3.02. The largest absolute Gasteiger partial charge is 0.279 e. The maximum absolute atomic E-state index is 6.02. The van der Waals surface area contributed by atoms with E-state index in [1.165, 1.54) is 0 Å². The molecule has 0 radical (unpaired) electrons. The number of hydrogen-bond donors (Lipinski definition) is 0. The third-order valence-corrected chi connectivity index (χ3v) is 3.75. The van der Waals surface area contributed by atoms with E-state index >= 15 is 0 Å². The lowest BCUT2D eigenvalue weighted by Crippen LogP contribution is -2.02. The molecule has 0 amide bonds. The van der Waals surface area contributed by atoms with E-state index in [2.05, 4.69) is 45.0 Å². The summed E-state index contributed by atoms with van der Waals surface area (Å²) < 4.78 is 3.04. The molecule has 3 rings (SSSR count). The van der Waals surface area contributed by atoms with Crippen LogP contribution in [-0.2, 0) is 5.88 Å². The summed E-state index contributed by atoms with van der Waals surface area (Å²) in [5.74, 6) is 1.15. The molecular formula is C14H11BrClN3. The number of hydrogen-bond acceptors (Lipinski definition) is 2. The average molecular weight is 337 g/mol. The molecule has 0 bridgehead atoms. The van der Waals surface area contributed by atoms with Gasteiger partial charge in [0.2, 0.25) is 0 Å². The van der Waals surface area contributed by atoms with Crippen LogP contribution in [-0.4, -0.2) is 14.5 Å². The second-order valence-corrected chi connectivity index (χ2v) is 5.46. The summed E-state index contributed by atoms with van der Waals surface area (Å²) in [6.45, 7) is 2.06. The van der Waals surface area contributed by atoms with Crippen LogP contribution in [0.3, 0.4) is 0 Å². The Bertz CT molecular complexity index is 752. The minimum absolute atomic E-state index is 0.350. The Balaban J connectivity index is 2.37. The zero-order valence-corrected chi connectivity index (χ0v) is 12.6. The number of aromatic nitrogens is 3. The van der Waals surface area contributed by atoms with Gasteiger partial charge in [-0.15, -0.1) is 11.6 Å². The van der Waals surface area contributed by atoms with Gasteiger partial charge in [-0.25, -0.2) is 9.97 Å². The van der Waals surface area contributed by atoms with Crippen LogP contribution in [0.5, 0.6) is 0 Å². The number of rotatable bonds is 2. The summed E-state index contributed by atoms with van der Waals surface area (Å²) >= 11 is 9.53. The lowest BCUT2D eigenvalue weighted by molar-refractivity contribution is 0.959. The van der Waals surface area contributed by atoms with Crippen LogP contribution in [0.2, 0.25) is 0 Å². The van der Waals surface area contributed by atoms with Crippen molar-refractivity contribution < 1.29 is 0 Å². The molecule has 0 aliphatic rings. The highest BCUT2D eigenvalue weighted by atomic mass is 79.9. The van der Waals surface area contributed by atoms with Crippen molar-refractivity contribution in [2.45, 2.75) is 12.8 Å². The van der Waals surface area contributed by atoms with Crippen LogP contribution >= 0.6 is 27.5 Å². The predicted octanol–water partition coefficient (Wildman–Crippen LogP) is 4.23. The second kappa shape index (κ2) is 4.94. The normalized spacial score (nSPS) is 11.1. The second-order valence-electron chi connectivity index (χ2n) is 4.27. The van der Waals surface area contributed by atoms with E-state index in [1.807, 2.05) is 22.8 Å². The molecule has 2 aromatic heterocycles. The van der Waals surface area contributed by atoms with Crippen molar-refractivity contribution in [3.05, 3.63) is 52.4 Å². The van der Waals surface area contributed by atoms with Crippen molar-refractivity contribution in [2.24, 2.45) is 0 Å². The van der Waals surface area contributed by atoms with Crippen LogP contribution in [0.15, 0.2) is 41.0 Å². The molecule has 0 spiro atoms. The predicted molar refractivity (Wildman–Crippen MR) is 80.9 cm³/mol. The number of imidazole rings is 1. The molecule has 0 unspecified atom stereocenters. The smallest absolute Gasteiger partial charge is 0.164 e. The van der Waals surface area contributed by atoms with Gasteiger partial charge in [0.1, 0.15) is 11.3 Å². The molecule has 0 atom stereocenters. The van der Waals surface area contributed by atoms with Gasteiger partial charge >= 0.3 is 0 Å². The monoisotopic (exact) mass is 335 g/mol. The molecule has 19 heavy (non-hydrogen) atoms. The highest BCUT2D eigenvalue weighted by Crippen LogP contribution is 2.25. The van der Waals surface area contributed by atoms with Crippen LogP contribution in [0.4, 0.5) is 0 Å². The van der Waals surface area contributed by atoms with Gasteiger partial charge in [0.05, 0.1) is 11.6 Å². The van der Waals surface area contributed by atoms with Crippen molar-refractivity contribution in [3.63, 3.8) is 0 Å². The summed E-state index contributed by atoms with van der Waals surface area (Å²) in [5, 5.41) is 0. The molecule has 0 N–H and O–H groups in total. The molecule has 0 aliphatic heterocycles. The molecule has 0 saturated carbocycles. The minimum Gasteiger partial charge on any atom is -0.279 e. The average Bonchev–Trinajstić information content (AvgIpc) is 2.80. The van der Waals surface area contributed by atoms with Gasteiger partial charge in [0.15, 0.2) is 5.65 Å². The van der Waals surface area contributed by atoms with E-state index in [1.54, 1.807) is 6.20 Å². The fraction of sp³-hybridized carbons (Fsp3) is 0.143. The lowest BCUT2D eigenvalue weighted by Gasteiger charge is -2.10.